The van der Waals surface area contributed by atoms with Crippen molar-refractivity contribution in [3.8, 4) is 0 Å². The summed E-state index contributed by atoms with van der Waals surface area (Å²) in [5.41, 5.74) is 0. The van der Waals surface area contributed by atoms with Crippen LogP contribution in [0.15, 0.2) is 11.0 Å². The summed E-state index contributed by atoms with van der Waals surface area (Å²) in [5.74, 6) is 0. The van der Waals surface area contributed by atoms with E-state index in [-0.39, 0.29) is 0 Å². The summed E-state index contributed by atoms with van der Waals surface area (Å²) >= 11 is -3.17. The second-order valence-corrected chi connectivity index (χ2v) is 8.29. The van der Waals surface area contributed by atoms with E-state index in [1.54, 1.807) is 0 Å². The molecule has 0 aromatic rings. The summed E-state index contributed by atoms with van der Waals surface area (Å²) in [7, 11) is 0. The van der Waals surface area contributed by atoms with Crippen LogP contribution in [0.5, 0.6) is 0 Å². The van der Waals surface area contributed by atoms with Gasteiger partial charge in [-0.25, -0.2) is 0 Å². The third-order valence-electron chi connectivity index (χ3n) is 2.65. The SMILES string of the molecule is C=[CH][Ti]([O]CCCC)([O]CCCC)[O]CCCC. The average molecular weight is 294 g/mol. The van der Waals surface area contributed by atoms with Crippen molar-refractivity contribution in [3.05, 3.63) is 11.0 Å². The Hall–Kier alpha value is 0.334. The van der Waals surface area contributed by atoms with Gasteiger partial charge in [0.1, 0.15) is 0 Å². The molecule has 0 N–H and O–H groups in total. The predicted molar refractivity (Wildman–Crippen MR) is 72.8 cm³/mol. The first-order valence-electron chi connectivity index (χ1n) is 7.30. The number of rotatable bonds is 13. The second kappa shape index (κ2) is 12.4. The Morgan fingerprint density at radius 1 is 0.778 bits per heavy atom. The van der Waals surface area contributed by atoms with Gasteiger partial charge in [-0.05, 0) is 0 Å². The molecule has 0 unspecified atom stereocenters. The fourth-order valence-corrected chi connectivity index (χ4v) is 4.33. The topological polar surface area (TPSA) is 27.7 Å². The Morgan fingerprint density at radius 2 is 1.11 bits per heavy atom. The molecular weight excluding hydrogens is 264 g/mol. The Kier molecular flexibility index (Phi) is 12.6. The molecule has 0 fully saturated rings. The molecule has 4 heteroatoms. The van der Waals surface area contributed by atoms with Crippen LogP contribution >= 0.6 is 0 Å². The van der Waals surface area contributed by atoms with Crippen LogP contribution in [0.4, 0.5) is 0 Å². The van der Waals surface area contributed by atoms with Crippen molar-refractivity contribution in [1.29, 1.82) is 0 Å². The van der Waals surface area contributed by atoms with Crippen molar-refractivity contribution in [1.82, 2.24) is 0 Å². The van der Waals surface area contributed by atoms with Crippen LogP contribution in [0.2, 0.25) is 0 Å². The normalized spacial score (nSPS) is 11.7. The standard InChI is InChI=1S/3C4H9O.C2H3.Ti/c3*1-2-3-4-5;1-2;/h3*2-4H2,1H3;1H,2H2;/q3*-1;;+3. The molecule has 0 aliphatic carbocycles. The predicted octanol–water partition coefficient (Wildman–Crippen LogP) is 4.48. The van der Waals surface area contributed by atoms with Gasteiger partial charge >= 0.3 is 118 Å². The van der Waals surface area contributed by atoms with Gasteiger partial charge < -0.3 is 0 Å². The number of hydrogen-bond donors (Lipinski definition) is 0. The maximum atomic E-state index is 5.94. The van der Waals surface area contributed by atoms with E-state index in [4.69, 9.17) is 9.96 Å². The zero-order valence-electron chi connectivity index (χ0n) is 12.4. The first-order chi connectivity index (χ1) is 8.74. The molecule has 0 saturated carbocycles. The molecular formula is C14H30O3Ti. The van der Waals surface area contributed by atoms with Crippen LogP contribution in [-0.2, 0) is 27.7 Å². The minimum absolute atomic E-state index is 0.723. The van der Waals surface area contributed by atoms with Crippen LogP contribution < -0.4 is 0 Å². The summed E-state index contributed by atoms with van der Waals surface area (Å²) in [4.78, 5) is 0. The summed E-state index contributed by atoms with van der Waals surface area (Å²) in [6.07, 6.45) is 6.53. The Bertz CT molecular complexity index is 171. The van der Waals surface area contributed by atoms with Crippen LogP contribution in [0, 0.1) is 0 Å². The monoisotopic (exact) mass is 294 g/mol. The zero-order valence-corrected chi connectivity index (χ0v) is 13.9. The van der Waals surface area contributed by atoms with Crippen LogP contribution in [0.1, 0.15) is 59.3 Å². The van der Waals surface area contributed by atoms with Gasteiger partial charge in [-0.1, -0.05) is 0 Å². The molecule has 108 valence electrons. The molecule has 0 atom stereocenters. The van der Waals surface area contributed by atoms with Crippen molar-refractivity contribution in [3.63, 3.8) is 0 Å². The fourth-order valence-electron chi connectivity index (χ4n) is 1.38. The molecule has 0 radical (unpaired) electrons. The Morgan fingerprint density at radius 3 is 1.33 bits per heavy atom. The van der Waals surface area contributed by atoms with E-state index in [9.17, 15) is 0 Å². The molecule has 0 aliphatic heterocycles. The minimum atomic E-state index is -3.17. The summed E-state index contributed by atoms with van der Waals surface area (Å²) in [6, 6.07) is 0. The van der Waals surface area contributed by atoms with Gasteiger partial charge in [-0.2, -0.15) is 0 Å². The Labute approximate surface area is 118 Å². The molecule has 0 aliphatic rings. The average Bonchev–Trinajstić information content (AvgIpc) is 2.39. The van der Waals surface area contributed by atoms with Crippen molar-refractivity contribution in [2.75, 3.05) is 19.8 Å². The second-order valence-electron chi connectivity index (χ2n) is 4.41. The number of unbranched alkanes of at least 4 members (excludes halogenated alkanes) is 3. The van der Waals surface area contributed by atoms with E-state index in [0.717, 1.165) is 58.3 Å². The molecule has 0 rings (SSSR count). The van der Waals surface area contributed by atoms with E-state index in [0.29, 0.717) is 0 Å². The van der Waals surface area contributed by atoms with Crippen LogP contribution in [-0.4, -0.2) is 19.8 Å². The molecule has 0 amide bonds. The zero-order chi connectivity index (χ0) is 13.7. The molecule has 0 bridgehead atoms. The van der Waals surface area contributed by atoms with Gasteiger partial charge in [-0.3, -0.25) is 0 Å². The van der Waals surface area contributed by atoms with E-state index in [1.165, 1.54) is 0 Å². The molecule has 0 aromatic carbocycles. The molecule has 0 spiro atoms. The molecule has 0 aromatic heterocycles. The van der Waals surface area contributed by atoms with E-state index >= 15 is 0 Å². The summed E-state index contributed by atoms with van der Waals surface area (Å²) in [6.45, 7) is 12.5. The van der Waals surface area contributed by atoms with E-state index < -0.39 is 17.8 Å². The molecule has 0 saturated heterocycles. The summed E-state index contributed by atoms with van der Waals surface area (Å²) in [5, 5.41) is 0. The first kappa shape index (κ1) is 18.3. The van der Waals surface area contributed by atoms with Crippen molar-refractivity contribution in [2.45, 2.75) is 59.3 Å². The van der Waals surface area contributed by atoms with Gasteiger partial charge in [0.05, 0.1) is 0 Å². The van der Waals surface area contributed by atoms with E-state index in [1.807, 2.05) is 4.38 Å². The first-order valence-corrected chi connectivity index (χ1v) is 10.1. The van der Waals surface area contributed by atoms with Crippen LogP contribution in [0.3, 0.4) is 0 Å². The quantitative estimate of drug-likeness (QED) is 0.370. The van der Waals surface area contributed by atoms with Crippen LogP contribution in [0.25, 0.3) is 0 Å². The molecule has 3 nitrogen and oxygen atoms in total. The Balaban J connectivity index is 4.25. The van der Waals surface area contributed by atoms with Crippen molar-refractivity contribution >= 4 is 0 Å². The molecule has 18 heavy (non-hydrogen) atoms. The molecule has 0 heterocycles. The third kappa shape index (κ3) is 8.44. The van der Waals surface area contributed by atoms with E-state index in [2.05, 4.69) is 27.4 Å². The van der Waals surface area contributed by atoms with Crippen molar-refractivity contribution < 1.29 is 27.7 Å². The van der Waals surface area contributed by atoms with Gasteiger partial charge in [0.2, 0.25) is 0 Å². The maximum absolute atomic E-state index is 5.94. The number of hydrogen-bond acceptors (Lipinski definition) is 3. The summed E-state index contributed by atoms with van der Waals surface area (Å²) < 4.78 is 19.6. The van der Waals surface area contributed by atoms with Gasteiger partial charge in [0.15, 0.2) is 0 Å². The third-order valence-corrected chi connectivity index (χ3v) is 6.28. The van der Waals surface area contributed by atoms with Gasteiger partial charge in [-0.15, -0.1) is 0 Å². The van der Waals surface area contributed by atoms with Gasteiger partial charge in [0, 0.05) is 0 Å². The van der Waals surface area contributed by atoms with Crippen molar-refractivity contribution in [2.24, 2.45) is 0 Å². The van der Waals surface area contributed by atoms with Gasteiger partial charge in [0.25, 0.3) is 0 Å². The fraction of sp³-hybridized carbons (Fsp3) is 0.857.